The fraction of sp³-hybridized carbons (Fsp3) is 0.0263. The van der Waals surface area contributed by atoms with Crippen LogP contribution >= 0.6 is 0 Å². The minimum absolute atomic E-state index is 0.858. The molecule has 2 aromatic heterocycles. The summed E-state index contributed by atoms with van der Waals surface area (Å²) in [5, 5.41) is 0. The molecule has 0 bridgehead atoms. The first-order valence-corrected chi connectivity index (χ1v) is 13.8. The fourth-order valence-electron chi connectivity index (χ4n) is 5.48. The molecule has 7 rings (SSSR count). The van der Waals surface area contributed by atoms with E-state index in [-0.39, 0.29) is 0 Å². The molecule has 0 aliphatic rings. The van der Waals surface area contributed by atoms with E-state index in [2.05, 4.69) is 115 Å². The zero-order valence-electron chi connectivity index (χ0n) is 22.7. The number of aryl methyl sites for hydroxylation is 1. The standard InChI is InChI=1S/C38H27N3/c1-26-25-32(27-13-5-2-6-14-27)37-38(34(26)29-15-7-3-8-16-29)41-35(30-17-9-4-10-18-30)36(40-37)31-22-20-28(21-23-31)33-19-11-12-24-39-33/h2-25H,1H3. The van der Waals surface area contributed by atoms with E-state index in [1.165, 1.54) is 5.56 Å². The molecule has 0 amide bonds. The van der Waals surface area contributed by atoms with E-state index < -0.39 is 0 Å². The van der Waals surface area contributed by atoms with E-state index in [4.69, 9.17) is 9.97 Å². The largest absolute Gasteiger partial charge is 0.256 e. The van der Waals surface area contributed by atoms with Gasteiger partial charge >= 0.3 is 0 Å². The predicted octanol–water partition coefficient (Wildman–Crippen LogP) is 9.67. The Morgan fingerprint density at radius 1 is 0.439 bits per heavy atom. The lowest BCUT2D eigenvalue weighted by Crippen LogP contribution is -2.00. The van der Waals surface area contributed by atoms with E-state index in [1.807, 2.05) is 42.6 Å². The van der Waals surface area contributed by atoms with Crippen LogP contribution in [0.3, 0.4) is 0 Å². The maximum absolute atomic E-state index is 5.45. The van der Waals surface area contributed by atoms with Gasteiger partial charge in [0.15, 0.2) is 0 Å². The van der Waals surface area contributed by atoms with Crippen molar-refractivity contribution in [2.45, 2.75) is 6.92 Å². The molecule has 0 radical (unpaired) electrons. The van der Waals surface area contributed by atoms with Gasteiger partial charge in [-0.05, 0) is 41.8 Å². The van der Waals surface area contributed by atoms with E-state index in [0.717, 1.165) is 67.1 Å². The fourth-order valence-corrected chi connectivity index (χ4v) is 5.48. The summed E-state index contributed by atoms with van der Waals surface area (Å²) in [5.74, 6) is 0. The molecule has 0 fully saturated rings. The van der Waals surface area contributed by atoms with Crippen LogP contribution in [-0.2, 0) is 0 Å². The summed E-state index contributed by atoms with van der Waals surface area (Å²) in [5.41, 5.74) is 13.2. The lowest BCUT2D eigenvalue weighted by atomic mass is 9.92. The molecule has 2 heterocycles. The Kier molecular flexibility index (Phi) is 6.38. The second-order valence-electron chi connectivity index (χ2n) is 10.1. The minimum atomic E-state index is 0.858. The lowest BCUT2D eigenvalue weighted by molar-refractivity contribution is 1.28. The van der Waals surface area contributed by atoms with Crippen molar-refractivity contribution in [2.75, 3.05) is 0 Å². The van der Waals surface area contributed by atoms with Crippen LogP contribution in [0, 0.1) is 6.92 Å². The summed E-state index contributed by atoms with van der Waals surface area (Å²) in [4.78, 5) is 15.4. The smallest absolute Gasteiger partial charge is 0.0982 e. The Balaban J connectivity index is 1.54. The van der Waals surface area contributed by atoms with Gasteiger partial charge in [0.25, 0.3) is 0 Å². The van der Waals surface area contributed by atoms with Gasteiger partial charge in [0.05, 0.1) is 28.1 Å². The van der Waals surface area contributed by atoms with Crippen molar-refractivity contribution < 1.29 is 0 Å². The highest BCUT2D eigenvalue weighted by Crippen LogP contribution is 2.40. The van der Waals surface area contributed by atoms with Gasteiger partial charge in [-0.3, -0.25) is 4.98 Å². The first-order chi connectivity index (χ1) is 20.3. The van der Waals surface area contributed by atoms with Crippen LogP contribution in [0.4, 0.5) is 0 Å². The van der Waals surface area contributed by atoms with Gasteiger partial charge < -0.3 is 0 Å². The zero-order chi connectivity index (χ0) is 27.6. The summed E-state index contributed by atoms with van der Waals surface area (Å²) >= 11 is 0. The average molecular weight is 526 g/mol. The van der Waals surface area contributed by atoms with Crippen molar-refractivity contribution in [3.8, 4) is 56.0 Å². The van der Waals surface area contributed by atoms with Gasteiger partial charge in [-0.1, -0.05) is 121 Å². The molecule has 0 atom stereocenters. The Bertz CT molecular complexity index is 1950. The second kappa shape index (κ2) is 10.6. The van der Waals surface area contributed by atoms with Gasteiger partial charge in [-0.25, -0.2) is 9.97 Å². The van der Waals surface area contributed by atoms with Gasteiger partial charge in [0, 0.05) is 34.0 Å². The van der Waals surface area contributed by atoms with Crippen LogP contribution in [0.5, 0.6) is 0 Å². The summed E-state index contributed by atoms with van der Waals surface area (Å²) in [7, 11) is 0. The highest BCUT2D eigenvalue weighted by atomic mass is 14.8. The molecule has 7 aromatic rings. The zero-order valence-corrected chi connectivity index (χ0v) is 22.7. The molecule has 0 aliphatic heterocycles. The quantitative estimate of drug-likeness (QED) is 0.224. The number of nitrogens with zero attached hydrogens (tertiary/aromatic N) is 3. The number of fused-ring (bicyclic) bond motifs is 1. The van der Waals surface area contributed by atoms with Crippen molar-refractivity contribution in [2.24, 2.45) is 0 Å². The van der Waals surface area contributed by atoms with Crippen LogP contribution in [0.1, 0.15) is 5.56 Å². The SMILES string of the molecule is Cc1cc(-c2ccccc2)c2nc(-c3ccc(-c4ccccn4)cc3)c(-c3ccccc3)nc2c1-c1ccccc1. The summed E-state index contributed by atoms with van der Waals surface area (Å²) < 4.78 is 0. The molecular formula is C38H27N3. The molecule has 0 spiro atoms. The first kappa shape index (κ1) is 24.6. The second-order valence-corrected chi connectivity index (χ2v) is 10.1. The lowest BCUT2D eigenvalue weighted by Gasteiger charge is -2.18. The summed E-state index contributed by atoms with van der Waals surface area (Å²) in [6.07, 6.45) is 1.82. The van der Waals surface area contributed by atoms with Crippen molar-refractivity contribution in [1.29, 1.82) is 0 Å². The Labute approximate surface area is 239 Å². The monoisotopic (exact) mass is 525 g/mol. The first-order valence-electron chi connectivity index (χ1n) is 13.8. The number of rotatable bonds is 5. The van der Waals surface area contributed by atoms with Crippen molar-refractivity contribution in [3.63, 3.8) is 0 Å². The van der Waals surface area contributed by atoms with E-state index in [9.17, 15) is 0 Å². The molecule has 0 saturated heterocycles. The third kappa shape index (κ3) is 4.68. The molecular weight excluding hydrogens is 498 g/mol. The minimum Gasteiger partial charge on any atom is -0.256 e. The third-order valence-electron chi connectivity index (χ3n) is 7.46. The van der Waals surface area contributed by atoms with Gasteiger partial charge in [-0.2, -0.15) is 0 Å². The van der Waals surface area contributed by atoms with Crippen molar-refractivity contribution in [3.05, 3.63) is 151 Å². The van der Waals surface area contributed by atoms with Crippen LogP contribution in [0.2, 0.25) is 0 Å². The molecule has 3 nitrogen and oxygen atoms in total. The number of hydrogen-bond donors (Lipinski definition) is 0. The van der Waals surface area contributed by atoms with Crippen LogP contribution < -0.4 is 0 Å². The number of hydrogen-bond acceptors (Lipinski definition) is 3. The van der Waals surface area contributed by atoms with Crippen LogP contribution in [0.15, 0.2) is 146 Å². The molecule has 0 unspecified atom stereocenters. The van der Waals surface area contributed by atoms with E-state index in [0.29, 0.717) is 0 Å². The topological polar surface area (TPSA) is 38.7 Å². The average Bonchev–Trinajstić information content (AvgIpc) is 3.05. The third-order valence-corrected chi connectivity index (χ3v) is 7.46. The van der Waals surface area contributed by atoms with Crippen LogP contribution in [-0.4, -0.2) is 15.0 Å². The number of pyridine rings is 1. The van der Waals surface area contributed by atoms with Crippen LogP contribution in [0.25, 0.3) is 67.1 Å². The molecule has 194 valence electrons. The Morgan fingerprint density at radius 2 is 0.951 bits per heavy atom. The molecule has 5 aromatic carbocycles. The van der Waals surface area contributed by atoms with Crippen molar-refractivity contribution in [1.82, 2.24) is 15.0 Å². The Hall–Kier alpha value is -5.41. The van der Waals surface area contributed by atoms with Crippen molar-refractivity contribution >= 4 is 11.0 Å². The highest BCUT2D eigenvalue weighted by Gasteiger charge is 2.20. The molecule has 41 heavy (non-hydrogen) atoms. The van der Waals surface area contributed by atoms with Gasteiger partial charge in [0.2, 0.25) is 0 Å². The van der Waals surface area contributed by atoms with Gasteiger partial charge in [-0.15, -0.1) is 0 Å². The molecule has 0 N–H and O–H groups in total. The van der Waals surface area contributed by atoms with E-state index in [1.54, 1.807) is 0 Å². The summed E-state index contributed by atoms with van der Waals surface area (Å²) in [6.45, 7) is 2.17. The van der Waals surface area contributed by atoms with E-state index >= 15 is 0 Å². The predicted molar refractivity (Wildman–Crippen MR) is 169 cm³/mol. The Morgan fingerprint density at radius 3 is 1.56 bits per heavy atom. The number of aromatic nitrogens is 3. The maximum Gasteiger partial charge on any atom is 0.0982 e. The molecule has 0 saturated carbocycles. The molecule has 3 heteroatoms. The highest BCUT2D eigenvalue weighted by molar-refractivity contribution is 6.04. The number of benzene rings is 5. The molecule has 0 aliphatic carbocycles. The normalized spacial score (nSPS) is 11.0. The van der Waals surface area contributed by atoms with Gasteiger partial charge in [0.1, 0.15) is 0 Å². The summed E-state index contributed by atoms with van der Waals surface area (Å²) in [6, 6.07) is 48.1. The maximum atomic E-state index is 5.45.